The second-order valence-electron chi connectivity index (χ2n) is 32.4. The normalized spacial score (nSPS) is 22.6. The minimum Gasteiger partial charge on any atom is -0.391 e. The molecule has 6 heteroatoms. The van der Waals surface area contributed by atoms with Crippen molar-refractivity contribution < 1.29 is 9.90 Å². The first-order chi connectivity index (χ1) is 39.7. The molecule has 5 nitrogen and oxygen atoms in total. The quantitative estimate of drug-likeness (QED) is 0.0439. The van der Waals surface area contributed by atoms with E-state index in [4.69, 9.17) is 12.2 Å². The number of hydrogen-bond donors (Lipinski definition) is 3. The van der Waals surface area contributed by atoms with Crippen molar-refractivity contribution in [3.8, 4) is 0 Å². The predicted molar refractivity (Wildman–Crippen MR) is 388 cm³/mol. The SMILES string of the molecule is C=C(CCCCC)c1ccccc1C(C)=S.C=C(C[C@@H]1CC=C(CCC)CC1)CC(C)(C)C.C=C(NC1CC[C@@H](NC)C(O)[C@H]1C=C1CCC(C)(C)[C@H](C(C)C(=C)CC(C)(C)C)C1)C(C)C1CN(C(=C)CC(C)(C)C)C1.CC.CC(=O)CC(C)(C)C. The van der Waals surface area contributed by atoms with Gasteiger partial charge in [-0.25, -0.2) is 0 Å². The molecule has 1 aliphatic heterocycles. The molecule has 3 aliphatic carbocycles. The zero-order chi connectivity index (χ0) is 66.1. The molecule has 0 spiro atoms. The average Bonchev–Trinajstić information content (AvgIpc) is 2.12. The number of ketones is 1. The van der Waals surface area contributed by atoms with Gasteiger partial charge in [0.2, 0.25) is 0 Å². The van der Waals surface area contributed by atoms with Crippen molar-refractivity contribution in [2.75, 3.05) is 20.1 Å². The third-order valence-electron chi connectivity index (χ3n) is 18.2. The summed E-state index contributed by atoms with van der Waals surface area (Å²) in [6.45, 7) is 72.7. The molecule has 492 valence electrons. The molecule has 4 unspecified atom stereocenters. The number of allylic oxidation sites excluding steroid dienone is 8. The van der Waals surface area contributed by atoms with Gasteiger partial charge in [0.1, 0.15) is 5.78 Å². The van der Waals surface area contributed by atoms with Crippen molar-refractivity contribution in [2.24, 2.45) is 62.6 Å². The number of carbonyl (C=O) groups excluding carboxylic acids is 1. The summed E-state index contributed by atoms with van der Waals surface area (Å²) < 4.78 is 0. The van der Waals surface area contributed by atoms with Gasteiger partial charge in [0, 0.05) is 65.6 Å². The molecule has 0 aromatic heterocycles. The number of likely N-dealkylation sites (tertiary alicyclic amines) is 1. The van der Waals surface area contributed by atoms with Crippen LogP contribution in [0.25, 0.3) is 5.57 Å². The third-order valence-corrected chi connectivity index (χ3v) is 18.5. The number of carbonyl (C=O) groups is 1. The van der Waals surface area contributed by atoms with E-state index in [0.29, 0.717) is 35.5 Å². The standard InChI is InChI=1S/C39H69N3O.C17H30.C15H20S.C7H14O.C2H6/c1-25(21-37(6,7)8)27(3)33-20-30(17-18-39(33,12)13)19-32-34(15-16-35(40-14)36(32)43)41-29(5)28(4)31-23-42(24-31)26(2)22-38(9,10)11;1-6-7-15-8-10-16(11-9-15)12-14(2)13-17(3,4)5;1-4-5-6-9-12(2)14-10-7-8-11-15(14)13(3)16;1-6(8)5-7(2,3)4;1-2/h19,27-28,31-36,40-41,43H,1-2,5,15-18,20-24H2,3-4,6-14H3;8,16H,2,6-7,9-13H2,1,3-5H3;7-8,10-11H,2,4-6,9H2,1,3H3;5H2,1-4H3;1-2H3/t27?,28?,32-,33-,34?,35+,36?;16-;;;/m01.../s1. The molecule has 2 saturated carbocycles. The lowest BCUT2D eigenvalue weighted by Gasteiger charge is -2.48. The van der Waals surface area contributed by atoms with Gasteiger partial charge < -0.3 is 25.4 Å². The zero-order valence-corrected chi connectivity index (χ0v) is 61.6. The van der Waals surface area contributed by atoms with Gasteiger partial charge in [-0.05, 0) is 179 Å². The smallest absolute Gasteiger partial charge is 0.130 e. The third kappa shape index (κ3) is 30.9. The molecule has 1 aromatic carbocycles. The lowest BCUT2D eigenvalue weighted by molar-refractivity contribution is -0.118. The topological polar surface area (TPSA) is 64.6 Å². The molecule has 0 radical (unpaired) electrons. The van der Waals surface area contributed by atoms with E-state index in [-0.39, 0.29) is 45.4 Å². The fraction of sp³-hybridized carbons (Fsp3) is 0.725. The Balaban J connectivity index is 0.000000698. The largest absolute Gasteiger partial charge is 0.391 e. The van der Waals surface area contributed by atoms with Crippen molar-refractivity contribution in [1.29, 1.82) is 0 Å². The minimum atomic E-state index is -0.409. The Morgan fingerprint density at radius 1 is 0.767 bits per heavy atom. The summed E-state index contributed by atoms with van der Waals surface area (Å²) in [5.74, 6) is 3.25. The highest BCUT2D eigenvalue weighted by molar-refractivity contribution is 7.80. The first-order valence-electron chi connectivity index (χ1n) is 34.4. The van der Waals surface area contributed by atoms with Crippen LogP contribution in [-0.2, 0) is 4.79 Å². The molecule has 0 bridgehead atoms. The van der Waals surface area contributed by atoms with E-state index in [0.717, 1.165) is 74.5 Å². The second kappa shape index (κ2) is 37.7. The molecule has 1 heterocycles. The number of likely N-dealkylation sites (N-methyl/N-ethyl adjacent to an activating group) is 1. The van der Waals surface area contributed by atoms with Crippen LogP contribution in [0, 0.1) is 62.6 Å². The summed E-state index contributed by atoms with van der Waals surface area (Å²) in [4.78, 5) is 13.9. The molecular weight excluding hydrogens is 1070 g/mol. The molecule has 5 rings (SSSR count). The number of nitrogens with one attached hydrogen (secondary N) is 2. The number of nitrogens with zero attached hydrogens (tertiary/aromatic N) is 1. The summed E-state index contributed by atoms with van der Waals surface area (Å²) in [6, 6.07) is 8.63. The van der Waals surface area contributed by atoms with Gasteiger partial charge in [0.05, 0.1) is 6.10 Å². The average molecular weight is 1210 g/mol. The van der Waals surface area contributed by atoms with Crippen LogP contribution in [0.4, 0.5) is 0 Å². The number of unbranched alkanes of at least 4 members (excludes halogenated alkanes) is 2. The van der Waals surface area contributed by atoms with Crippen LogP contribution in [-0.4, -0.2) is 59.0 Å². The highest BCUT2D eigenvalue weighted by atomic mass is 32.1. The monoisotopic (exact) mass is 1210 g/mol. The van der Waals surface area contributed by atoms with E-state index in [1.54, 1.807) is 12.5 Å². The number of Topliss-reactive ketones (excluding diaryl/α,β-unsaturated/α-hetero) is 1. The molecule has 1 saturated heterocycles. The molecule has 86 heavy (non-hydrogen) atoms. The summed E-state index contributed by atoms with van der Waals surface area (Å²) in [5.41, 5.74) is 13.4. The minimum absolute atomic E-state index is 0.0737. The number of rotatable bonds is 23. The number of thiocarbonyl (C=S) groups is 1. The van der Waals surface area contributed by atoms with Gasteiger partial charge in [-0.2, -0.15) is 0 Å². The van der Waals surface area contributed by atoms with E-state index in [1.807, 2.05) is 33.9 Å². The van der Waals surface area contributed by atoms with E-state index < -0.39 is 6.10 Å². The van der Waals surface area contributed by atoms with Crippen molar-refractivity contribution in [3.63, 3.8) is 0 Å². The van der Waals surface area contributed by atoms with Crippen molar-refractivity contribution >= 4 is 28.4 Å². The fourth-order valence-electron chi connectivity index (χ4n) is 13.6. The van der Waals surface area contributed by atoms with Crippen LogP contribution >= 0.6 is 12.2 Å². The zero-order valence-electron chi connectivity index (χ0n) is 60.8. The van der Waals surface area contributed by atoms with Gasteiger partial charge in [0.25, 0.3) is 0 Å². The number of aliphatic hydroxyl groups is 1. The molecular formula is C80H139N3O2S. The highest BCUT2D eigenvalue weighted by Gasteiger charge is 2.42. The highest BCUT2D eigenvalue weighted by Crippen LogP contribution is 2.50. The molecule has 8 atom stereocenters. The maximum atomic E-state index is 11.6. The Kier molecular flexibility index (Phi) is 35.4. The second-order valence-corrected chi connectivity index (χ2v) is 33.0. The van der Waals surface area contributed by atoms with Crippen molar-refractivity contribution in [3.05, 3.63) is 114 Å². The predicted octanol–water partition coefficient (Wildman–Crippen LogP) is 22.7. The Hall–Kier alpha value is -3.32. The Labute approximate surface area is 540 Å². The van der Waals surface area contributed by atoms with E-state index >= 15 is 0 Å². The van der Waals surface area contributed by atoms with Gasteiger partial charge in [-0.1, -0.05) is 262 Å². The van der Waals surface area contributed by atoms with E-state index in [9.17, 15) is 9.90 Å². The van der Waals surface area contributed by atoms with Crippen LogP contribution in [0.1, 0.15) is 285 Å². The molecule has 4 aliphatic rings. The Bertz CT molecular complexity index is 2330. The number of benzene rings is 1. The van der Waals surface area contributed by atoms with Crippen LogP contribution < -0.4 is 10.6 Å². The van der Waals surface area contributed by atoms with E-state index in [1.165, 1.54) is 110 Å². The van der Waals surface area contributed by atoms with Crippen LogP contribution in [0.15, 0.2) is 103 Å². The Morgan fingerprint density at radius 3 is 1.80 bits per heavy atom. The lowest BCUT2D eigenvalue weighted by atomic mass is 9.60. The van der Waals surface area contributed by atoms with E-state index in [2.05, 4.69) is 203 Å². The summed E-state index contributed by atoms with van der Waals surface area (Å²) >= 11 is 5.26. The van der Waals surface area contributed by atoms with Crippen molar-refractivity contribution in [2.45, 2.75) is 293 Å². The maximum Gasteiger partial charge on any atom is 0.130 e. The first-order valence-corrected chi connectivity index (χ1v) is 34.8. The molecule has 3 fully saturated rings. The lowest BCUT2D eigenvalue weighted by Crippen LogP contribution is -2.55. The summed E-state index contributed by atoms with van der Waals surface area (Å²) in [6.07, 6.45) is 26.7. The van der Waals surface area contributed by atoms with Gasteiger partial charge in [0.15, 0.2) is 0 Å². The van der Waals surface area contributed by atoms with Gasteiger partial charge >= 0.3 is 0 Å². The number of hydrogen-bond acceptors (Lipinski definition) is 6. The molecule has 3 N–H and O–H groups in total. The molecule has 0 amide bonds. The summed E-state index contributed by atoms with van der Waals surface area (Å²) in [5, 5.41) is 18.9. The van der Waals surface area contributed by atoms with Crippen LogP contribution in [0.5, 0.6) is 0 Å². The molecule has 1 aromatic rings. The van der Waals surface area contributed by atoms with Crippen LogP contribution in [0.3, 0.4) is 0 Å². The first kappa shape index (κ1) is 80.7. The Morgan fingerprint density at radius 2 is 1.33 bits per heavy atom. The van der Waals surface area contributed by atoms with Crippen LogP contribution in [0.2, 0.25) is 0 Å². The maximum absolute atomic E-state index is 11.6. The van der Waals surface area contributed by atoms with Gasteiger partial charge in [-0.3, -0.25) is 0 Å². The van der Waals surface area contributed by atoms with Gasteiger partial charge in [-0.15, -0.1) is 0 Å². The fourth-order valence-corrected chi connectivity index (χ4v) is 13.8. The number of aliphatic hydroxyl groups excluding tert-OH is 1. The summed E-state index contributed by atoms with van der Waals surface area (Å²) in [7, 11) is 1.99. The van der Waals surface area contributed by atoms with Crippen molar-refractivity contribution in [1.82, 2.24) is 15.5 Å².